The third-order valence-corrected chi connectivity index (χ3v) is 2.69. The molecule has 0 aliphatic carbocycles. The van der Waals surface area contributed by atoms with Crippen LogP contribution in [-0.2, 0) is 4.79 Å². The van der Waals surface area contributed by atoms with E-state index in [1.165, 1.54) is 0 Å². The summed E-state index contributed by atoms with van der Waals surface area (Å²) in [4.78, 5) is 31.4. The molecule has 0 saturated carbocycles. The number of nitrogens with zero attached hydrogens (tertiary/aromatic N) is 2. The van der Waals surface area contributed by atoms with Crippen LogP contribution in [0.5, 0.6) is 0 Å². The molecule has 2 rings (SSSR count). The van der Waals surface area contributed by atoms with E-state index in [-0.39, 0.29) is 17.4 Å². The number of carboxylic acids is 1. The molecule has 0 unspecified atom stereocenters. The van der Waals surface area contributed by atoms with Gasteiger partial charge in [-0.05, 0) is 12.1 Å². The van der Waals surface area contributed by atoms with Crippen LogP contribution in [0.2, 0.25) is 0 Å². The van der Waals surface area contributed by atoms with E-state index in [9.17, 15) is 14.7 Å². The zero-order chi connectivity index (χ0) is 14.9. The van der Waals surface area contributed by atoms with Crippen LogP contribution < -0.4 is 5.32 Å². The standard InChI is InChI=1S/C14H15N3O3/c1-14(2,3)13(20)17-11-10(12(18)19)15-8-6-4-5-7-9(8)16-11/h4-7H,1-3H3,(H,18,19)(H,16,17,20). The topological polar surface area (TPSA) is 92.2 Å². The van der Waals surface area contributed by atoms with E-state index in [2.05, 4.69) is 15.3 Å². The lowest BCUT2D eigenvalue weighted by atomic mass is 9.96. The number of rotatable bonds is 2. The highest BCUT2D eigenvalue weighted by molar-refractivity contribution is 6.01. The first-order chi connectivity index (χ1) is 9.29. The van der Waals surface area contributed by atoms with Crippen molar-refractivity contribution < 1.29 is 14.7 Å². The SMILES string of the molecule is CC(C)(C)C(=O)Nc1nc2ccccc2nc1C(=O)O. The summed E-state index contributed by atoms with van der Waals surface area (Å²) in [6.45, 7) is 5.20. The second-order valence-electron chi connectivity index (χ2n) is 5.42. The number of amides is 1. The third kappa shape index (κ3) is 2.74. The number of carboxylic acid groups (broad SMARTS) is 1. The third-order valence-electron chi connectivity index (χ3n) is 2.69. The molecule has 20 heavy (non-hydrogen) atoms. The lowest BCUT2D eigenvalue weighted by Crippen LogP contribution is -2.29. The lowest BCUT2D eigenvalue weighted by Gasteiger charge is -2.18. The van der Waals surface area contributed by atoms with Crippen LogP contribution in [0.1, 0.15) is 31.3 Å². The highest BCUT2D eigenvalue weighted by Crippen LogP contribution is 2.20. The molecule has 1 aromatic carbocycles. The first-order valence-corrected chi connectivity index (χ1v) is 6.10. The number of anilines is 1. The lowest BCUT2D eigenvalue weighted by molar-refractivity contribution is -0.123. The van der Waals surface area contributed by atoms with Crippen LogP contribution in [0.25, 0.3) is 11.0 Å². The summed E-state index contributed by atoms with van der Waals surface area (Å²) in [5.74, 6) is -1.58. The number of carbonyl (C=O) groups excluding carboxylic acids is 1. The number of para-hydroxylation sites is 2. The molecule has 0 fully saturated rings. The monoisotopic (exact) mass is 273 g/mol. The molecule has 0 aliphatic rings. The van der Waals surface area contributed by atoms with Crippen molar-refractivity contribution in [2.45, 2.75) is 20.8 Å². The van der Waals surface area contributed by atoms with E-state index >= 15 is 0 Å². The summed E-state index contributed by atoms with van der Waals surface area (Å²) in [5.41, 5.74) is 0.0880. The molecular weight excluding hydrogens is 258 g/mol. The molecule has 1 amide bonds. The van der Waals surface area contributed by atoms with Gasteiger partial charge in [-0.1, -0.05) is 32.9 Å². The molecule has 2 N–H and O–H groups in total. The van der Waals surface area contributed by atoms with Crippen molar-refractivity contribution in [2.24, 2.45) is 5.41 Å². The fourth-order valence-electron chi connectivity index (χ4n) is 1.53. The van der Waals surface area contributed by atoms with E-state index in [4.69, 9.17) is 0 Å². The van der Waals surface area contributed by atoms with Gasteiger partial charge in [-0.3, -0.25) is 4.79 Å². The average Bonchev–Trinajstić information content (AvgIpc) is 2.36. The molecule has 0 radical (unpaired) electrons. The Morgan fingerprint density at radius 3 is 2.15 bits per heavy atom. The van der Waals surface area contributed by atoms with Crippen molar-refractivity contribution in [1.29, 1.82) is 0 Å². The maximum absolute atomic E-state index is 12.0. The van der Waals surface area contributed by atoms with Crippen molar-refractivity contribution in [3.8, 4) is 0 Å². The molecular formula is C14H15N3O3. The Hall–Kier alpha value is -2.50. The predicted octanol–water partition coefficient (Wildman–Crippen LogP) is 2.31. The van der Waals surface area contributed by atoms with E-state index in [1.807, 2.05) is 0 Å². The first-order valence-electron chi connectivity index (χ1n) is 6.10. The Morgan fingerprint density at radius 2 is 1.65 bits per heavy atom. The van der Waals surface area contributed by atoms with Gasteiger partial charge in [0.25, 0.3) is 0 Å². The molecule has 0 aliphatic heterocycles. The number of benzene rings is 1. The van der Waals surface area contributed by atoms with Gasteiger partial charge >= 0.3 is 5.97 Å². The second kappa shape index (κ2) is 4.88. The Kier molecular flexibility index (Phi) is 3.40. The minimum absolute atomic E-state index is 0.0314. The average molecular weight is 273 g/mol. The summed E-state index contributed by atoms with van der Waals surface area (Å²) >= 11 is 0. The van der Waals surface area contributed by atoms with Crippen LogP contribution in [0.15, 0.2) is 24.3 Å². The van der Waals surface area contributed by atoms with Gasteiger partial charge in [-0.25, -0.2) is 14.8 Å². The zero-order valence-corrected chi connectivity index (χ0v) is 11.5. The molecule has 104 valence electrons. The van der Waals surface area contributed by atoms with E-state index in [0.717, 1.165) is 0 Å². The van der Waals surface area contributed by atoms with Crippen molar-refractivity contribution in [3.05, 3.63) is 30.0 Å². The number of aromatic carboxylic acids is 1. The number of hydrogen-bond donors (Lipinski definition) is 2. The minimum Gasteiger partial charge on any atom is -0.476 e. The van der Waals surface area contributed by atoms with Crippen molar-refractivity contribution in [2.75, 3.05) is 5.32 Å². The van der Waals surface area contributed by atoms with Crippen LogP contribution in [0.4, 0.5) is 5.82 Å². The summed E-state index contributed by atoms with van der Waals surface area (Å²) in [7, 11) is 0. The van der Waals surface area contributed by atoms with Gasteiger partial charge in [-0.2, -0.15) is 0 Å². The molecule has 0 saturated heterocycles. The highest BCUT2D eigenvalue weighted by atomic mass is 16.4. The molecule has 2 aromatic rings. The zero-order valence-electron chi connectivity index (χ0n) is 11.5. The smallest absolute Gasteiger partial charge is 0.358 e. The number of carbonyl (C=O) groups is 2. The minimum atomic E-state index is -1.23. The van der Waals surface area contributed by atoms with Gasteiger partial charge in [-0.15, -0.1) is 0 Å². The number of nitrogens with one attached hydrogen (secondary N) is 1. The molecule has 6 nitrogen and oxygen atoms in total. The Balaban J connectivity index is 2.53. The Labute approximate surface area is 115 Å². The van der Waals surface area contributed by atoms with E-state index < -0.39 is 11.4 Å². The van der Waals surface area contributed by atoms with E-state index in [1.54, 1.807) is 45.0 Å². The van der Waals surface area contributed by atoms with Crippen LogP contribution >= 0.6 is 0 Å². The normalized spacial score (nSPS) is 11.3. The largest absolute Gasteiger partial charge is 0.476 e. The summed E-state index contributed by atoms with van der Waals surface area (Å²) in [5, 5.41) is 11.7. The van der Waals surface area contributed by atoms with Crippen molar-refractivity contribution in [3.63, 3.8) is 0 Å². The fraction of sp³-hybridized carbons (Fsp3) is 0.286. The summed E-state index contributed by atoms with van der Waals surface area (Å²) in [6.07, 6.45) is 0. The second-order valence-corrected chi connectivity index (χ2v) is 5.42. The maximum atomic E-state index is 12.0. The van der Waals surface area contributed by atoms with Gasteiger partial charge in [0.05, 0.1) is 11.0 Å². The quantitative estimate of drug-likeness (QED) is 0.876. The molecule has 1 heterocycles. The summed E-state index contributed by atoms with van der Waals surface area (Å²) in [6, 6.07) is 6.90. The van der Waals surface area contributed by atoms with Crippen LogP contribution in [-0.4, -0.2) is 27.0 Å². The molecule has 0 atom stereocenters. The predicted molar refractivity (Wildman–Crippen MR) is 74.6 cm³/mol. The van der Waals surface area contributed by atoms with Gasteiger partial charge in [0, 0.05) is 5.41 Å². The molecule has 0 bridgehead atoms. The number of fused-ring (bicyclic) bond motifs is 1. The molecule has 6 heteroatoms. The number of hydrogen-bond acceptors (Lipinski definition) is 4. The Morgan fingerprint density at radius 1 is 1.10 bits per heavy atom. The maximum Gasteiger partial charge on any atom is 0.358 e. The van der Waals surface area contributed by atoms with Crippen molar-refractivity contribution >= 4 is 28.7 Å². The fourth-order valence-corrected chi connectivity index (χ4v) is 1.53. The highest BCUT2D eigenvalue weighted by Gasteiger charge is 2.24. The summed E-state index contributed by atoms with van der Waals surface area (Å²) < 4.78 is 0. The van der Waals surface area contributed by atoms with Crippen molar-refractivity contribution in [1.82, 2.24) is 9.97 Å². The van der Waals surface area contributed by atoms with Gasteiger partial charge < -0.3 is 10.4 Å². The molecule has 0 spiro atoms. The van der Waals surface area contributed by atoms with Gasteiger partial charge in [0.2, 0.25) is 5.91 Å². The number of aromatic nitrogens is 2. The van der Waals surface area contributed by atoms with Crippen LogP contribution in [0, 0.1) is 5.41 Å². The van der Waals surface area contributed by atoms with E-state index in [0.29, 0.717) is 11.0 Å². The first kappa shape index (κ1) is 13.9. The van der Waals surface area contributed by atoms with Gasteiger partial charge in [0.15, 0.2) is 11.5 Å². The van der Waals surface area contributed by atoms with Gasteiger partial charge in [0.1, 0.15) is 0 Å². The molecule has 1 aromatic heterocycles. The van der Waals surface area contributed by atoms with Crippen LogP contribution in [0.3, 0.4) is 0 Å². The Bertz CT molecular complexity index is 690.